The average Bonchev–Trinajstić information content (AvgIpc) is 2.65. The minimum Gasteiger partial charge on any atom is -0.326 e. The summed E-state index contributed by atoms with van der Waals surface area (Å²) < 4.78 is 13.0. The van der Waals surface area contributed by atoms with E-state index in [1.54, 1.807) is 24.3 Å². The Balaban J connectivity index is 1.72. The number of carbonyl (C=O) groups excluding carboxylic acids is 2. The fourth-order valence-corrected chi connectivity index (χ4v) is 3.13. The number of halogens is 2. The molecule has 1 aliphatic carbocycles. The van der Waals surface area contributed by atoms with Crippen molar-refractivity contribution in [1.82, 2.24) is 0 Å². The van der Waals surface area contributed by atoms with E-state index >= 15 is 0 Å². The van der Waals surface area contributed by atoms with Crippen LogP contribution < -0.4 is 10.6 Å². The quantitative estimate of drug-likeness (QED) is 0.768. The lowest BCUT2D eigenvalue weighted by Gasteiger charge is -2.27. The Morgan fingerprint density at radius 3 is 2.08 bits per heavy atom. The number of anilines is 2. The molecule has 2 aromatic carbocycles. The molecule has 0 bridgehead atoms. The van der Waals surface area contributed by atoms with E-state index in [2.05, 4.69) is 10.6 Å². The summed E-state index contributed by atoms with van der Waals surface area (Å²) in [6.07, 6.45) is 4.73. The highest BCUT2D eigenvalue weighted by Crippen LogP contribution is 2.29. The molecule has 134 valence electrons. The van der Waals surface area contributed by atoms with E-state index in [1.807, 2.05) is 12.2 Å². The summed E-state index contributed by atoms with van der Waals surface area (Å²) in [6, 6.07) is 12.5. The molecular formula is C20H18ClFN2O2. The number of allylic oxidation sites excluding steroid dienone is 2. The van der Waals surface area contributed by atoms with E-state index in [0.29, 0.717) is 29.2 Å². The summed E-state index contributed by atoms with van der Waals surface area (Å²) in [4.78, 5) is 25.3. The van der Waals surface area contributed by atoms with Crippen LogP contribution in [0.15, 0.2) is 60.7 Å². The summed E-state index contributed by atoms with van der Waals surface area (Å²) >= 11 is 6.09. The van der Waals surface area contributed by atoms with Crippen LogP contribution in [0.4, 0.5) is 15.8 Å². The van der Waals surface area contributed by atoms with E-state index in [0.717, 1.165) is 0 Å². The van der Waals surface area contributed by atoms with Gasteiger partial charge in [-0.3, -0.25) is 9.59 Å². The number of para-hydroxylation sites is 1. The van der Waals surface area contributed by atoms with Crippen molar-refractivity contribution in [3.8, 4) is 0 Å². The number of hydrogen-bond acceptors (Lipinski definition) is 2. The molecule has 0 aromatic heterocycles. The van der Waals surface area contributed by atoms with Crippen molar-refractivity contribution >= 4 is 34.8 Å². The predicted octanol–water partition coefficient (Wildman–Crippen LogP) is 4.64. The highest BCUT2D eigenvalue weighted by atomic mass is 35.5. The smallest absolute Gasteiger partial charge is 0.228 e. The van der Waals surface area contributed by atoms with Gasteiger partial charge in [-0.2, -0.15) is 0 Å². The zero-order valence-electron chi connectivity index (χ0n) is 13.9. The van der Waals surface area contributed by atoms with Crippen molar-refractivity contribution in [2.45, 2.75) is 12.8 Å². The number of benzene rings is 2. The Hall–Kier alpha value is -2.66. The van der Waals surface area contributed by atoms with E-state index in [-0.39, 0.29) is 17.6 Å². The van der Waals surface area contributed by atoms with Gasteiger partial charge < -0.3 is 10.6 Å². The van der Waals surface area contributed by atoms with Crippen molar-refractivity contribution in [1.29, 1.82) is 0 Å². The Bertz CT molecular complexity index is 836. The van der Waals surface area contributed by atoms with E-state index in [1.165, 1.54) is 24.3 Å². The highest BCUT2D eigenvalue weighted by Gasteiger charge is 2.34. The maximum absolute atomic E-state index is 13.0. The second kappa shape index (κ2) is 8.15. The summed E-state index contributed by atoms with van der Waals surface area (Å²) in [5, 5.41) is 6.00. The number of hydrogen-bond donors (Lipinski definition) is 2. The first-order valence-electron chi connectivity index (χ1n) is 8.31. The third-order valence-electron chi connectivity index (χ3n) is 4.35. The number of amides is 2. The van der Waals surface area contributed by atoms with Crippen LogP contribution in [0.2, 0.25) is 5.02 Å². The minimum atomic E-state index is -0.507. The average molecular weight is 373 g/mol. The minimum absolute atomic E-state index is 0.248. The first-order chi connectivity index (χ1) is 12.5. The van der Waals surface area contributed by atoms with E-state index < -0.39 is 11.8 Å². The van der Waals surface area contributed by atoms with Crippen LogP contribution in [-0.2, 0) is 9.59 Å². The molecule has 2 amide bonds. The van der Waals surface area contributed by atoms with Gasteiger partial charge >= 0.3 is 0 Å². The molecule has 0 spiro atoms. The van der Waals surface area contributed by atoms with Crippen molar-refractivity contribution in [3.63, 3.8) is 0 Å². The molecule has 0 radical (unpaired) electrons. The van der Waals surface area contributed by atoms with Gasteiger partial charge in [-0.1, -0.05) is 35.9 Å². The second-order valence-corrected chi connectivity index (χ2v) is 6.53. The van der Waals surface area contributed by atoms with E-state index in [9.17, 15) is 14.0 Å². The normalized spacial score (nSPS) is 19.0. The van der Waals surface area contributed by atoms with Gasteiger partial charge in [-0.25, -0.2) is 4.39 Å². The molecule has 0 saturated heterocycles. The number of rotatable bonds is 4. The molecule has 0 aliphatic heterocycles. The Morgan fingerprint density at radius 2 is 1.46 bits per heavy atom. The summed E-state index contributed by atoms with van der Waals surface area (Å²) in [6.45, 7) is 0. The fourth-order valence-electron chi connectivity index (χ4n) is 2.95. The SMILES string of the molecule is O=C(Nc1ccc(F)cc1)C1CC=CCC1C(=O)Nc1ccccc1Cl. The second-order valence-electron chi connectivity index (χ2n) is 6.12. The van der Waals surface area contributed by atoms with Crippen LogP contribution in [0.1, 0.15) is 12.8 Å². The number of carbonyl (C=O) groups is 2. The Kier molecular flexibility index (Phi) is 5.68. The number of nitrogens with one attached hydrogen (secondary N) is 2. The zero-order chi connectivity index (χ0) is 18.5. The molecule has 0 fully saturated rings. The van der Waals surface area contributed by atoms with Gasteiger partial charge in [0, 0.05) is 5.69 Å². The standard InChI is InChI=1S/C20H18ClFN2O2/c21-17-7-3-4-8-18(17)24-20(26)16-6-2-1-5-15(16)19(25)23-14-11-9-13(22)10-12-14/h1-4,7-12,15-16H,5-6H2,(H,23,25)(H,24,26). The molecule has 3 rings (SSSR count). The Morgan fingerprint density at radius 1 is 0.885 bits per heavy atom. The predicted molar refractivity (Wildman–Crippen MR) is 100 cm³/mol. The van der Waals surface area contributed by atoms with Crippen LogP contribution >= 0.6 is 11.6 Å². The van der Waals surface area contributed by atoms with Crippen LogP contribution in [0, 0.1) is 17.7 Å². The lowest BCUT2D eigenvalue weighted by atomic mass is 9.81. The molecule has 4 nitrogen and oxygen atoms in total. The fraction of sp³-hybridized carbons (Fsp3) is 0.200. The topological polar surface area (TPSA) is 58.2 Å². The van der Waals surface area contributed by atoms with E-state index in [4.69, 9.17) is 11.6 Å². The molecule has 2 atom stereocenters. The lowest BCUT2D eigenvalue weighted by molar-refractivity contribution is -0.129. The molecule has 0 saturated carbocycles. The Labute approximate surface area is 156 Å². The zero-order valence-corrected chi connectivity index (χ0v) is 14.7. The van der Waals surface area contributed by atoms with Crippen molar-refractivity contribution in [3.05, 3.63) is 71.5 Å². The van der Waals surface area contributed by atoms with Gasteiger partial charge in [-0.15, -0.1) is 0 Å². The van der Waals surface area contributed by atoms with Gasteiger partial charge in [-0.05, 0) is 49.2 Å². The molecule has 2 unspecified atom stereocenters. The highest BCUT2D eigenvalue weighted by molar-refractivity contribution is 6.33. The third kappa shape index (κ3) is 4.29. The van der Waals surface area contributed by atoms with Crippen molar-refractivity contribution in [2.24, 2.45) is 11.8 Å². The lowest BCUT2D eigenvalue weighted by Crippen LogP contribution is -2.37. The van der Waals surface area contributed by atoms with Gasteiger partial charge in [0.05, 0.1) is 22.5 Å². The molecule has 2 N–H and O–H groups in total. The third-order valence-corrected chi connectivity index (χ3v) is 4.68. The van der Waals surface area contributed by atoms with Gasteiger partial charge in [0.2, 0.25) is 11.8 Å². The van der Waals surface area contributed by atoms with Gasteiger partial charge in [0.25, 0.3) is 0 Å². The van der Waals surface area contributed by atoms with Crippen LogP contribution in [-0.4, -0.2) is 11.8 Å². The maximum Gasteiger partial charge on any atom is 0.228 e. The summed E-state index contributed by atoms with van der Waals surface area (Å²) in [7, 11) is 0. The van der Waals surface area contributed by atoms with Crippen LogP contribution in [0.25, 0.3) is 0 Å². The van der Waals surface area contributed by atoms with Crippen LogP contribution in [0.5, 0.6) is 0 Å². The molecule has 26 heavy (non-hydrogen) atoms. The summed E-state index contributed by atoms with van der Waals surface area (Å²) in [5.41, 5.74) is 1.02. The monoisotopic (exact) mass is 372 g/mol. The van der Waals surface area contributed by atoms with Gasteiger partial charge in [0.1, 0.15) is 5.82 Å². The van der Waals surface area contributed by atoms with Crippen LogP contribution in [0.3, 0.4) is 0 Å². The van der Waals surface area contributed by atoms with Crippen molar-refractivity contribution in [2.75, 3.05) is 10.6 Å². The molecule has 2 aromatic rings. The first-order valence-corrected chi connectivity index (χ1v) is 8.69. The van der Waals surface area contributed by atoms with Gasteiger partial charge in [0.15, 0.2) is 0 Å². The maximum atomic E-state index is 13.0. The summed E-state index contributed by atoms with van der Waals surface area (Å²) in [5.74, 6) is -1.90. The van der Waals surface area contributed by atoms with Crippen molar-refractivity contribution < 1.29 is 14.0 Å². The first kappa shape index (κ1) is 18.1. The largest absolute Gasteiger partial charge is 0.326 e. The molecular weight excluding hydrogens is 355 g/mol. The molecule has 6 heteroatoms. The molecule has 0 heterocycles. The molecule has 1 aliphatic rings.